The van der Waals surface area contributed by atoms with Gasteiger partial charge in [0.15, 0.2) is 0 Å². The summed E-state index contributed by atoms with van der Waals surface area (Å²) in [7, 11) is 0. The zero-order valence-corrected chi connectivity index (χ0v) is 12.2. The number of carbonyl (C=O) groups is 1. The van der Waals surface area contributed by atoms with Crippen molar-refractivity contribution in [3.8, 4) is 0 Å². The second-order valence-corrected chi connectivity index (χ2v) is 5.58. The Morgan fingerprint density at radius 2 is 1.95 bits per heavy atom. The van der Waals surface area contributed by atoms with Crippen LogP contribution in [0.5, 0.6) is 0 Å². The van der Waals surface area contributed by atoms with Gasteiger partial charge < -0.3 is 14.8 Å². The van der Waals surface area contributed by atoms with Gasteiger partial charge in [-0.15, -0.1) is 0 Å². The second kappa shape index (κ2) is 7.02. The minimum atomic E-state index is -0.280. The molecule has 114 valence electrons. The number of hydrogen-bond acceptors (Lipinski definition) is 4. The number of nitrogens with one attached hydrogen (secondary N) is 1. The van der Waals surface area contributed by atoms with Gasteiger partial charge in [-0.1, -0.05) is 12.1 Å². The maximum absolute atomic E-state index is 12.0. The van der Waals surface area contributed by atoms with E-state index in [1.165, 1.54) is 5.56 Å². The zero-order chi connectivity index (χ0) is 14.5. The van der Waals surface area contributed by atoms with Crippen molar-refractivity contribution in [1.82, 2.24) is 4.90 Å². The lowest BCUT2D eigenvalue weighted by atomic mass is 10.1. The molecule has 5 heteroatoms. The van der Waals surface area contributed by atoms with Gasteiger partial charge in [0.25, 0.3) is 5.91 Å². The van der Waals surface area contributed by atoms with Gasteiger partial charge in [-0.2, -0.15) is 0 Å². The van der Waals surface area contributed by atoms with Crippen LogP contribution in [0.25, 0.3) is 0 Å². The maximum atomic E-state index is 12.0. The molecule has 2 heterocycles. The smallest absolute Gasteiger partial charge is 0.253 e. The van der Waals surface area contributed by atoms with E-state index in [9.17, 15) is 4.79 Å². The molecule has 1 amide bonds. The molecule has 2 aliphatic heterocycles. The molecule has 0 aliphatic carbocycles. The van der Waals surface area contributed by atoms with Gasteiger partial charge >= 0.3 is 0 Å². The van der Waals surface area contributed by atoms with Crippen molar-refractivity contribution in [1.29, 1.82) is 0 Å². The Hall–Kier alpha value is -1.43. The average Bonchev–Trinajstić information content (AvgIpc) is 3.05. The van der Waals surface area contributed by atoms with Crippen molar-refractivity contribution in [3.63, 3.8) is 0 Å². The first-order valence-corrected chi connectivity index (χ1v) is 7.63. The van der Waals surface area contributed by atoms with Crippen molar-refractivity contribution < 1.29 is 14.3 Å². The van der Waals surface area contributed by atoms with Crippen LogP contribution in [0.4, 0.5) is 5.69 Å². The number of carbonyl (C=O) groups excluding carboxylic acids is 1. The molecular formula is C16H22N2O3. The molecule has 1 unspecified atom stereocenters. The van der Waals surface area contributed by atoms with E-state index in [0.717, 1.165) is 51.4 Å². The molecule has 0 spiro atoms. The number of hydrogen-bond donors (Lipinski definition) is 1. The molecule has 2 fully saturated rings. The van der Waals surface area contributed by atoms with Crippen LogP contribution < -0.4 is 5.32 Å². The molecule has 1 atom stereocenters. The predicted octanol–water partition coefficient (Wildman–Crippen LogP) is 1.64. The van der Waals surface area contributed by atoms with Crippen LogP contribution in [-0.4, -0.2) is 49.8 Å². The summed E-state index contributed by atoms with van der Waals surface area (Å²) in [6.45, 7) is 5.22. The van der Waals surface area contributed by atoms with E-state index in [1.807, 2.05) is 12.1 Å². The summed E-state index contributed by atoms with van der Waals surface area (Å²) in [5, 5.41) is 2.92. The molecule has 2 saturated heterocycles. The standard InChI is InChI=1S/C16H22N2O3/c19-16(15-2-1-9-21-15)17-14-5-3-13(4-6-14)12-18-7-10-20-11-8-18/h3-6,15H,1-2,7-12H2,(H,17,19). The predicted molar refractivity (Wildman–Crippen MR) is 80.1 cm³/mol. The Kier molecular flexibility index (Phi) is 4.85. The number of rotatable bonds is 4. The minimum Gasteiger partial charge on any atom is -0.379 e. The summed E-state index contributed by atoms with van der Waals surface area (Å²) in [5.41, 5.74) is 2.09. The lowest BCUT2D eigenvalue weighted by Gasteiger charge is -2.26. The number of anilines is 1. The highest BCUT2D eigenvalue weighted by atomic mass is 16.5. The van der Waals surface area contributed by atoms with Crippen LogP contribution in [0.1, 0.15) is 18.4 Å². The topological polar surface area (TPSA) is 50.8 Å². The highest BCUT2D eigenvalue weighted by Gasteiger charge is 2.23. The van der Waals surface area contributed by atoms with Crippen LogP contribution in [0, 0.1) is 0 Å². The molecule has 0 aromatic heterocycles. The van der Waals surface area contributed by atoms with Crippen LogP contribution in [0.2, 0.25) is 0 Å². The van der Waals surface area contributed by atoms with E-state index in [0.29, 0.717) is 6.61 Å². The van der Waals surface area contributed by atoms with Gasteiger partial charge in [-0.25, -0.2) is 0 Å². The molecular weight excluding hydrogens is 268 g/mol. The van der Waals surface area contributed by atoms with E-state index in [2.05, 4.69) is 22.3 Å². The first-order valence-electron chi connectivity index (χ1n) is 7.63. The normalized spacial score (nSPS) is 23.1. The SMILES string of the molecule is O=C(Nc1ccc(CN2CCOCC2)cc1)C1CCCO1. The van der Waals surface area contributed by atoms with Gasteiger partial charge in [-0.3, -0.25) is 9.69 Å². The molecule has 5 nitrogen and oxygen atoms in total. The quantitative estimate of drug-likeness (QED) is 0.916. The first-order chi connectivity index (χ1) is 10.3. The van der Waals surface area contributed by atoms with Gasteiger partial charge in [0.05, 0.1) is 13.2 Å². The fourth-order valence-electron chi connectivity index (χ4n) is 2.72. The molecule has 1 aromatic rings. The Balaban J connectivity index is 1.52. The van der Waals surface area contributed by atoms with E-state index in [-0.39, 0.29) is 12.0 Å². The molecule has 21 heavy (non-hydrogen) atoms. The summed E-state index contributed by atoms with van der Waals surface area (Å²) in [6.07, 6.45) is 1.51. The summed E-state index contributed by atoms with van der Waals surface area (Å²) < 4.78 is 10.7. The first kappa shape index (κ1) is 14.5. The highest BCUT2D eigenvalue weighted by molar-refractivity contribution is 5.94. The summed E-state index contributed by atoms with van der Waals surface area (Å²) in [5.74, 6) is -0.0339. The van der Waals surface area contributed by atoms with Gasteiger partial charge in [0.2, 0.25) is 0 Å². The number of nitrogens with zero attached hydrogens (tertiary/aromatic N) is 1. The Bertz CT molecular complexity index is 463. The van der Waals surface area contributed by atoms with E-state index >= 15 is 0 Å². The van der Waals surface area contributed by atoms with E-state index in [1.54, 1.807) is 0 Å². The summed E-state index contributed by atoms with van der Waals surface area (Å²) >= 11 is 0. The molecule has 0 saturated carbocycles. The Labute approximate surface area is 125 Å². The molecule has 1 aromatic carbocycles. The third-order valence-electron chi connectivity index (χ3n) is 3.95. The second-order valence-electron chi connectivity index (χ2n) is 5.58. The lowest BCUT2D eigenvalue weighted by Crippen LogP contribution is -2.35. The number of ether oxygens (including phenoxy) is 2. The Morgan fingerprint density at radius 3 is 2.62 bits per heavy atom. The van der Waals surface area contributed by atoms with Crippen molar-refractivity contribution in [2.24, 2.45) is 0 Å². The lowest BCUT2D eigenvalue weighted by molar-refractivity contribution is -0.124. The van der Waals surface area contributed by atoms with Crippen molar-refractivity contribution >= 4 is 11.6 Å². The zero-order valence-electron chi connectivity index (χ0n) is 12.2. The third kappa shape index (κ3) is 4.03. The number of amides is 1. The summed E-state index contributed by atoms with van der Waals surface area (Å²) in [6, 6.07) is 8.06. The highest BCUT2D eigenvalue weighted by Crippen LogP contribution is 2.16. The van der Waals surface area contributed by atoms with Crippen LogP contribution in [-0.2, 0) is 20.8 Å². The van der Waals surface area contributed by atoms with Gasteiger partial charge in [0, 0.05) is 31.9 Å². The fraction of sp³-hybridized carbons (Fsp3) is 0.562. The molecule has 0 radical (unpaired) electrons. The average molecular weight is 290 g/mol. The minimum absolute atomic E-state index is 0.0339. The van der Waals surface area contributed by atoms with E-state index in [4.69, 9.17) is 9.47 Å². The monoisotopic (exact) mass is 290 g/mol. The number of morpholine rings is 1. The molecule has 2 aliphatic rings. The number of benzene rings is 1. The van der Waals surface area contributed by atoms with Crippen molar-refractivity contribution in [2.45, 2.75) is 25.5 Å². The van der Waals surface area contributed by atoms with Crippen molar-refractivity contribution in [3.05, 3.63) is 29.8 Å². The fourth-order valence-corrected chi connectivity index (χ4v) is 2.72. The van der Waals surface area contributed by atoms with Crippen molar-refractivity contribution in [2.75, 3.05) is 38.2 Å². The van der Waals surface area contributed by atoms with E-state index < -0.39 is 0 Å². The molecule has 3 rings (SSSR count). The molecule has 1 N–H and O–H groups in total. The van der Waals surface area contributed by atoms with Gasteiger partial charge in [-0.05, 0) is 30.5 Å². The largest absolute Gasteiger partial charge is 0.379 e. The van der Waals surface area contributed by atoms with Crippen LogP contribution in [0.3, 0.4) is 0 Å². The van der Waals surface area contributed by atoms with Crippen LogP contribution >= 0.6 is 0 Å². The van der Waals surface area contributed by atoms with Crippen LogP contribution in [0.15, 0.2) is 24.3 Å². The molecule has 0 bridgehead atoms. The third-order valence-corrected chi connectivity index (χ3v) is 3.95. The maximum Gasteiger partial charge on any atom is 0.253 e. The Morgan fingerprint density at radius 1 is 1.19 bits per heavy atom. The summed E-state index contributed by atoms with van der Waals surface area (Å²) in [4.78, 5) is 14.3. The van der Waals surface area contributed by atoms with Gasteiger partial charge in [0.1, 0.15) is 6.10 Å².